The molecule has 0 unspecified atom stereocenters. The number of piperazine rings is 1. The number of nitrogens with one attached hydrogen (secondary N) is 2. The van der Waals surface area contributed by atoms with Gasteiger partial charge in [-0.2, -0.15) is 15.0 Å². The Labute approximate surface area is 230 Å². The third kappa shape index (κ3) is 6.34. The molecule has 1 aliphatic heterocycles. The molecule has 1 aliphatic rings. The molecule has 2 N–H and O–H groups in total. The average molecular weight is 547 g/mol. The Bertz CT molecular complexity index is 1430. The molecule has 38 heavy (non-hydrogen) atoms. The van der Waals surface area contributed by atoms with E-state index in [2.05, 4.69) is 42.4 Å². The van der Waals surface area contributed by atoms with Gasteiger partial charge < -0.3 is 15.1 Å². The minimum Gasteiger partial charge on any atom is -0.338 e. The summed E-state index contributed by atoms with van der Waals surface area (Å²) in [5.41, 5.74) is 2.52. The van der Waals surface area contributed by atoms with Crippen molar-refractivity contribution in [3.8, 4) is 0 Å². The Balaban J connectivity index is 1.37. The van der Waals surface area contributed by atoms with E-state index in [0.29, 0.717) is 38.4 Å². The standard InChI is InChI=1S/C27H27ClN8OS/c1-18-7-6-10-20(28)23(18)32-24(37)21-17-29-27(38-21)34-25-30-22(12-11-19-8-4-3-5-9-19)31-26(33-25)36-15-13-35(2)14-16-36/h3-12,17H,13-16H2,1-2H3,(H,32,37)(H,29,30,31,33,34)/b12-11+. The number of carbonyl (C=O) groups is 1. The highest BCUT2D eigenvalue weighted by Gasteiger charge is 2.19. The van der Waals surface area contributed by atoms with Gasteiger partial charge in [-0.3, -0.25) is 10.1 Å². The van der Waals surface area contributed by atoms with Crippen LogP contribution < -0.4 is 15.5 Å². The van der Waals surface area contributed by atoms with E-state index in [1.807, 2.05) is 61.5 Å². The minimum atomic E-state index is -0.285. The molecule has 1 saturated heterocycles. The molecule has 0 saturated carbocycles. The molecule has 0 atom stereocenters. The Morgan fingerprint density at radius 3 is 2.55 bits per heavy atom. The third-order valence-corrected chi connectivity index (χ3v) is 7.29. The number of hydrogen-bond acceptors (Lipinski definition) is 9. The summed E-state index contributed by atoms with van der Waals surface area (Å²) in [5.74, 6) is 1.22. The van der Waals surface area contributed by atoms with Gasteiger partial charge in [0.1, 0.15) is 4.88 Å². The number of thiazole rings is 1. The molecule has 3 heterocycles. The molecule has 9 nitrogen and oxygen atoms in total. The maximum absolute atomic E-state index is 12.9. The molecule has 1 fully saturated rings. The van der Waals surface area contributed by atoms with Crippen LogP contribution >= 0.6 is 22.9 Å². The van der Waals surface area contributed by atoms with Crippen LogP contribution in [0.3, 0.4) is 0 Å². The lowest BCUT2D eigenvalue weighted by atomic mass is 10.2. The Morgan fingerprint density at radius 1 is 1.00 bits per heavy atom. The summed E-state index contributed by atoms with van der Waals surface area (Å²) in [6.07, 6.45) is 5.36. The molecule has 11 heteroatoms. The van der Waals surface area contributed by atoms with E-state index in [1.54, 1.807) is 6.07 Å². The lowest BCUT2D eigenvalue weighted by molar-refractivity contribution is 0.103. The van der Waals surface area contributed by atoms with Crippen LogP contribution in [0, 0.1) is 6.92 Å². The molecular formula is C27H27ClN8OS. The van der Waals surface area contributed by atoms with Crippen molar-refractivity contribution >= 4 is 63.7 Å². The fourth-order valence-corrected chi connectivity index (χ4v) is 4.87. The topological polar surface area (TPSA) is 99.2 Å². The molecule has 5 rings (SSSR count). The van der Waals surface area contributed by atoms with Crippen molar-refractivity contribution < 1.29 is 4.79 Å². The quantitative estimate of drug-likeness (QED) is 0.326. The monoisotopic (exact) mass is 546 g/mol. The zero-order valence-corrected chi connectivity index (χ0v) is 22.6. The van der Waals surface area contributed by atoms with Gasteiger partial charge in [0.15, 0.2) is 11.0 Å². The van der Waals surface area contributed by atoms with Gasteiger partial charge in [0.05, 0.1) is 16.9 Å². The van der Waals surface area contributed by atoms with Gasteiger partial charge in [0, 0.05) is 26.2 Å². The van der Waals surface area contributed by atoms with Gasteiger partial charge in [-0.1, -0.05) is 71.5 Å². The number of likely N-dealkylation sites (N-methyl/N-ethyl adjacent to an activating group) is 1. The fourth-order valence-electron chi connectivity index (χ4n) is 3.89. The second-order valence-corrected chi connectivity index (χ2v) is 10.3. The molecule has 2 aromatic heterocycles. The maximum atomic E-state index is 12.9. The first-order valence-electron chi connectivity index (χ1n) is 12.2. The van der Waals surface area contributed by atoms with Crippen LogP contribution in [0.15, 0.2) is 54.7 Å². The number of nitrogens with zero attached hydrogens (tertiary/aromatic N) is 6. The predicted octanol–water partition coefficient (Wildman–Crippen LogP) is 5.21. The lowest BCUT2D eigenvalue weighted by Gasteiger charge is -2.32. The first-order chi connectivity index (χ1) is 18.4. The van der Waals surface area contributed by atoms with E-state index in [9.17, 15) is 4.79 Å². The Hall–Kier alpha value is -3.86. The van der Waals surface area contributed by atoms with Crippen LogP contribution in [0.4, 0.5) is 22.7 Å². The SMILES string of the molecule is Cc1cccc(Cl)c1NC(=O)c1cnc(Nc2nc(/C=C/c3ccccc3)nc(N3CCN(C)CC3)n2)s1. The molecule has 2 aromatic carbocycles. The number of carbonyl (C=O) groups excluding carboxylic acids is 1. The molecule has 4 aromatic rings. The van der Waals surface area contributed by atoms with Gasteiger partial charge in [-0.15, -0.1) is 0 Å². The largest absolute Gasteiger partial charge is 0.338 e. The molecule has 0 spiro atoms. The first-order valence-corrected chi connectivity index (χ1v) is 13.4. The van der Waals surface area contributed by atoms with Crippen molar-refractivity contribution in [3.05, 3.63) is 81.6 Å². The van der Waals surface area contributed by atoms with Gasteiger partial charge in [-0.05, 0) is 37.2 Å². The molecule has 194 valence electrons. The Morgan fingerprint density at radius 2 is 1.79 bits per heavy atom. The van der Waals surface area contributed by atoms with Gasteiger partial charge >= 0.3 is 0 Å². The number of benzene rings is 2. The van der Waals surface area contributed by atoms with Gasteiger partial charge in [0.2, 0.25) is 11.9 Å². The van der Waals surface area contributed by atoms with E-state index in [-0.39, 0.29) is 5.91 Å². The maximum Gasteiger partial charge on any atom is 0.267 e. The van der Waals surface area contributed by atoms with Crippen LogP contribution in [0.2, 0.25) is 5.02 Å². The zero-order valence-electron chi connectivity index (χ0n) is 21.1. The number of amides is 1. The summed E-state index contributed by atoms with van der Waals surface area (Å²) >= 11 is 7.47. The zero-order chi connectivity index (χ0) is 26.5. The van der Waals surface area contributed by atoms with E-state index >= 15 is 0 Å². The molecule has 0 aliphatic carbocycles. The smallest absolute Gasteiger partial charge is 0.267 e. The summed E-state index contributed by atoms with van der Waals surface area (Å²) in [6.45, 7) is 5.40. The summed E-state index contributed by atoms with van der Waals surface area (Å²) in [7, 11) is 2.11. The van der Waals surface area contributed by atoms with Crippen molar-refractivity contribution in [3.63, 3.8) is 0 Å². The number of aromatic nitrogens is 4. The molecule has 0 radical (unpaired) electrons. The third-order valence-electron chi connectivity index (χ3n) is 6.06. The summed E-state index contributed by atoms with van der Waals surface area (Å²) in [4.78, 5) is 36.0. The van der Waals surface area contributed by atoms with Crippen LogP contribution in [-0.4, -0.2) is 64.0 Å². The number of anilines is 4. The van der Waals surface area contributed by atoms with Gasteiger partial charge in [-0.25, -0.2) is 4.98 Å². The minimum absolute atomic E-state index is 0.285. The van der Waals surface area contributed by atoms with E-state index < -0.39 is 0 Å². The Kier molecular flexibility index (Phi) is 7.92. The molecular weight excluding hydrogens is 520 g/mol. The number of hydrogen-bond donors (Lipinski definition) is 2. The first kappa shape index (κ1) is 25.8. The normalized spacial score (nSPS) is 14.1. The van der Waals surface area contributed by atoms with Crippen LogP contribution in [0.1, 0.15) is 26.6 Å². The average Bonchev–Trinajstić information content (AvgIpc) is 3.39. The van der Waals surface area contributed by atoms with Crippen LogP contribution in [0.5, 0.6) is 0 Å². The molecule has 1 amide bonds. The summed E-state index contributed by atoms with van der Waals surface area (Å²) < 4.78 is 0. The number of aryl methyl sites for hydroxylation is 1. The van der Waals surface area contributed by atoms with Crippen molar-refractivity contribution in [1.82, 2.24) is 24.8 Å². The van der Waals surface area contributed by atoms with Crippen molar-refractivity contribution in [2.24, 2.45) is 0 Å². The van der Waals surface area contributed by atoms with E-state index in [0.717, 1.165) is 37.3 Å². The van der Waals surface area contributed by atoms with Crippen molar-refractivity contribution in [1.29, 1.82) is 0 Å². The number of para-hydroxylation sites is 1. The highest BCUT2D eigenvalue weighted by atomic mass is 35.5. The number of rotatable bonds is 7. The summed E-state index contributed by atoms with van der Waals surface area (Å²) in [5, 5.41) is 7.03. The van der Waals surface area contributed by atoms with E-state index in [1.165, 1.54) is 17.5 Å². The van der Waals surface area contributed by atoms with Crippen LogP contribution in [0.25, 0.3) is 12.2 Å². The van der Waals surface area contributed by atoms with Crippen LogP contribution in [-0.2, 0) is 0 Å². The lowest BCUT2D eigenvalue weighted by Crippen LogP contribution is -2.45. The molecule has 0 bridgehead atoms. The summed E-state index contributed by atoms with van der Waals surface area (Å²) in [6, 6.07) is 15.5. The van der Waals surface area contributed by atoms with E-state index in [4.69, 9.17) is 16.6 Å². The number of halogens is 1. The highest BCUT2D eigenvalue weighted by Crippen LogP contribution is 2.28. The second-order valence-electron chi connectivity index (χ2n) is 8.89. The van der Waals surface area contributed by atoms with Crippen molar-refractivity contribution in [2.75, 3.05) is 48.8 Å². The van der Waals surface area contributed by atoms with Crippen molar-refractivity contribution in [2.45, 2.75) is 6.92 Å². The predicted molar refractivity (Wildman–Crippen MR) is 154 cm³/mol. The second kappa shape index (κ2) is 11.7. The highest BCUT2D eigenvalue weighted by molar-refractivity contribution is 7.17. The fraction of sp³-hybridized carbons (Fsp3) is 0.222. The van der Waals surface area contributed by atoms with Gasteiger partial charge in [0.25, 0.3) is 5.91 Å².